The van der Waals surface area contributed by atoms with Gasteiger partial charge in [0.25, 0.3) is 5.91 Å². The Morgan fingerprint density at radius 1 is 1.12 bits per heavy atom. The smallest absolute Gasteiger partial charge is 0.416 e. The number of hydrogen-bond acceptors (Lipinski definition) is 7. The Hall–Kier alpha value is -4.62. The summed E-state index contributed by atoms with van der Waals surface area (Å²) in [6.07, 6.45) is -3.10. The van der Waals surface area contributed by atoms with E-state index in [4.69, 9.17) is 10.6 Å². The number of aromatic nitrogens is 3. The van der Waals surface area contributed by atoms with Crippen LogP contribution in [-0.2, 0) is 10.9 Å². The van der Waals surface area contributed by atoms with Gasteiger partial charge in [-0.25, -0.2) is 24.2 Å². The molecule has 3 aromatic rings. The van der Waals surface area contributed by atoms with Crippen molar-refractivity contribution in [3.8, 4) is 11.3 Å². The molecule has 4 N–H and O–H groups in total. The lowest BCUT2D eigenvalue weighted by Crippen LogP contribution is -2.37. The van der Waals surface area contributed by atoms with Gasteiger partial charge in [-0.05, 0) is 57.9 Å². The second-order valence-corrected chi connectivity index (χ2v) is 10.1. The van der Waals surface area contributed by atoms with Crippen molar-refractivity contribution in [2.75, 3.05) is 17.7 Å². The van der Waals surface area contributed by atoms with Gasteiger partial charge in [0.05, 0.1) is 11.6 Å². The first-order chi connectivity index (χ1) is 18.7. The summed E-state index contributed by atoms with van der Waals surface area (Å²) in [4.78, 5) is 47.2. The minimum atomic E-state index is -4.60. The fraction of sp³-hybridized carbons (Fsp3) is 0.346. The van der Waals surface area contributed by atoms with Crippen molar-refractivity contribution < 1.29 is 37.4 Å². The summed E-state index contributed by atoms with van der Waals surface area (Å²) in [5.74, 6) is 3.97. The lowest BCUT2D eigenvalue weighted by Gasteiger charge is -2.28. The number of imidazole rings is 1. The highest BCUT2D eigenvalue weighted by atomic mass is 19.4. The van der Waals surface area contributed by atoms with Gasteiger partial charge in [0.2, 0.25) is 0 Å². The molecular weight excluding hydrogens is 533 g/mol. The second-order valence-electron chi connectivity index (χ2n) is 10.1. The molecule has 11 nitrogen and oxygen atoms in total. The van der Waals surface area contributed by atoms with Crippen LogP contribution >= 0.6 is 0 Å². The fourth-order valence-corrected chi connectivity index (χ4v) is 4.31. The van der Waals surface area contributed by atoms with E-state index in [9.17, 15) is 32.7 Å². The molecule has 0 saturated carbocycles. The van der Waals surface area contributed by atoms with Gasteiger partial charge in [-0.15, -0.1) is 0 Å². The van der Waals surface area contributed by atoms with Crippen LogP contribution in [-0.4, -0.2) is 54.8 Å². The first-order valence-corrected chi connectivity index (χ1v) is 12.2. The number of carboxylic acids is 1. The summed E-state index contributed by atoms with van der Waals surface area (Å²) in [6, 6.07) is 6.49. The van der Waals surface area contributed by atoms with E-state index in [0.29, 0.717) is 31.0 Å². The van der Waals surface area contributed by atoms with Crippen LogP contribution in [0.2, 0.25) is 0 Å². The zero-order valence-electron chi connectivity index (χ0n) is 21.8. The van der Waals surface area contributed by atoms with Crippen LogP contribution in [0.15, 0.2) is 42.6 Å². The normalized spacial score (nSPS) is 15.7. The number of nitrogen functional groups attached to an aromatic ring is 1. The molecule has 40 heavy (non-hydrogen) atoms. The minimum Gasteiger partial charge on any atom is -0.476 e. The molecular formula is C26H27F3N6O5. The van der Waals surface area contributed by atoms with E-state index in [-0.39, 0.29) is 28.6 Å². The third kappa shape index (κ3) is 6.00. The first kappa shape index (κ1) is 28.4. The minimum absolute atomic E-state index is 0.0209. The number of rotatable bonds is 5. The summed E-state index contributed by atoms with van der Waals surface area (Å²) in [6.45, 7) is 5.59. The number of ether oxygens (including phenoxy) is 1. The van der Waals surface area contributed by atoms with E-state index in [0.717, 1.165) is 16.9 Å². The summed E-state index contributed by atoms with van der Waals surface area (Å²) >= 11 is 0. The predicted molar refractivity (Wildman–Crippen MR) is 137 cm³/mol. The number of alkyl halides is 3. The molecule has 1 saturated heterocycles. The first-order valence-electron chi connectivity index (χ1n) is 12.2. The summed E-state index contributed by atoms with van der Waals surface area (Å²) in [7, 11) is 0. The Bertz CT molecular complexity index is 1450. The molecule has 4 rings (SSSR count). The van der Waals surface area contributed by atoms with E-state index in [2.05, 4.69) is 15.3 Å². The molecule has 1 aromatic carbocycles. The Morgan fingerprint density at radius 2 is 1.80 bits per heavy atom. The summed E-state index contributed by atoms with van der Waals surface area (Å²) in [5.41, 5.74) is -1.60. The van der Waals surface area contributed by atoms with Crippen LogP contribution in [0.25, 0.3) is 11.3 Å². The third-order valence-electron chi connectivity index (χ3n) is 6.07. The number of pyridine rings is 1. The van der Waals surface area contributed by atoms with E-state index in [1.165, 1.54) is 29.2 Å². The maximum Gasteiger partial charge on any atom is 0.416 e. The number of carbonyl (C=O) groups excluding carboxylic acids is 2. The van der Waals surface area contributed by atoms with E-state index >= 15 is 0 Å². The van der Waals surface area contributed by atoms with Crippen molar-refractivity contribution in [1.29, 1.82) is 0 Å². The molecule has 1 aliphatic rings. The number of aromatic carboxylic acids is 1. The number of likely N-dealkylation sites (tertiary alicyclic amines) is 1. The number of anilines is 1. The average molecular weight is 561 g/mol. The molecule has 0 spiro atoms. The van der Waals surface area contributed by atoms with Crippen molar-refractivity contribution >= 4 is 23.8 Å². The number of hydrogen-bond donors (Lipinski definition) is 3. The van der Waals surface area contributed by atoms with Crippen LogP contribution in [0, 0.1) is 0 Å². The van der Waals surface area contributed by atoms with Gasteiger partial charge in [0, 0.05) is 23.9 Å². The number of amides is 2. The molecule has 2 aromatic heterocycles. The highest BCUT2D eigenvalue weighted by Gasteiger charge is 2.38. The molecule has 0 bridgehead atoms. The number of carbonyl (C=O) groups is 3. The van der Waals surface area contributed by atoms with E-state index < -0.39 is 41.4 Å². The zero-order chi connectivity index (χ0) is 29.4. The number of halogens is 3. The third-order valence-corrected chi connectivity index (χ3v) is 6.07. The van der Waals surface area contributed by atoms with Crippen molar-refractivity contribution in [3.05, 3.63) is 65.2 Å². The van der Waals surface area contributed by atoms with Gasteiger partial charge in [0.15, 0.2) is 11.5 Å². The Balaban J connectivity index is 1.60. The van der Waals surface area contributed by atoms with Crippen molar-refractivity contribution in [3.63, 3.8) is 0 Å². The molecule has 1 aliphatic heterocycles. The SMILES string of the molecule is CC(C)(C)OC(=O)N1CCC[C@H]1c1nc(-c2ccc(C(=O)Nc3cc(C(F)(F)F)ccn3)cc2)c(C(=O)O)n1N. The molecule has 1 atom stereocenters. The molecule has 2 amide bonds. The van der Waals surface area contributed by atoms with Gasteiger partial charge >= 0.3 is 18.2 Å². The number of nitrogens with zero attached hydrogens (tertiary/aromatic N) is 4. The van der Waals surface area contributed by atoms with Crippen LogP contribution < -0.4 is 11.2 Å². The van der Waals surface area contributed by atoms with Gasteiger partial charge in [-0.2, -0.15) is 13.2 Å². The maximum absolute atomic E-state index is 13.0. The van der Waals surface area contributed by atoms with Crippen molar-refractivity contribution in [2.45, 2.75) is 51.4 Å². The number of carboxylic acid groups (broad SMARTS) is 1. The second kappa shape index (κ2) is 10.5. The lowest BCUT2D eigenvalue weighted by atomic mass is 10.1. The van der Waals surface area contributed by atoms with Crippen LogP contribution in [0.4, 0.5) is 23.8 Å². The molecule has 1 fully saturated rings. The van der Waals surface area contributed by atoms with Gasteiger partial charge < -0.3 is 21.0 Å². The van der Waals surface area contributed by atoms with Crippen molar-refractivity contribution in [1.82, 2.24) is 19.5 Å². The summed E-state index contributed by atoms with van der Waals surface area (Å²) < 4.78 is 45.3. The highest BCUT2D eigenvalue weighted by molar-refractivity contribution is 6.04. The lowest BCUT2D eigenvalue weighted by molar-refractivity contribution is -0.137. The van der Waals surface area contributed by atoms with E-state index in [1.807, 2.05) is 0 Å². The van der Waals surface area contributed by atoms with Crippen LogP contribution in [0.3, 0.4) is 0 Å². The van der Waals surface area contributed by atoms with Gasteiger partial charge in [-0.1, -0.05) is 12.1 Å². The van der Waals surface area contributed by atoms with Gasteiger partial charge in [-0.3, -0.25) is 9.69 Å². The number of benzene rings is 1. The molecule has 14 heteroatoms. The Kier molecular flexibility index (Phi) is 7.46. The topological polar surface area (TPSA) is 153 Å². The molecule has 212 valence electrons. The largest absolute Gasteiger partial charge is 0.476 e. The quantitative estimate of drug-likeness (QED) is 0.380. The molecule has 0 aliphatic carbocycles. The monoisotopic (exact) mass is 560 g/mol. The van der Waals surface area contributed by atoms with Crippen molar-refractivity contribution in [2.24, 2.45) is 0 Å². The highest BCUT2D eigenvalue weighted by Crippen LogP contribution is 2.35. The fourth-order valence-electron chi connectivity index (χ4n) is 4.31. The maximum atomic E-state index is 13.0. The standard InChI is InChI=1S/C26H27F3N6O5/c1-25(2,3)40-24(39)34-12-4-5-17(34)21-33-19(20(23(37)38)35(21)30)14-6-8-15(9-7-14)22(36)32-18-13-16(10-11-31-18)26(27,28)29/h6-11,13,17H,4-5,12,30H2,1-3H3,(H,37,38)(H,31,32,36)/t17-/m0/s1. The average Bonchev–Trinajstić information content (AvgIpc) is 3.47. The predicted octanol–water partition coefficient (Wildman–Crippen LogP) is 4.70. The molecule has 0 radical (unpaired) electrons. The van der Waals surface area contributed by atoms with E-state index in [1.54, 1.807) is 20.8 Å². The summed E-state index contributed by atoms with van der Waals surface area (Å²) in [5, 5.41) is 12.2. The molecule has 0 unspecified atom stereocenters. The van der Waals surface area contributed by atoms with Gasteiger partial charge in [0.1, 0.15) is 17.1 Å². The Labute approximate surface area is 226 Å². The number of nitrogens with one attached hydrogen (secondary N) is 1. The Morgan fingerprint density at radius 3 is 2.40 bits per heavy atom. The van der Waals surface area contributed by atoms with Crippen LogP contribution in [0.5, 0.6) is 0 Å². The molecule has 3 heterocycles. The zero-order valence-corrected chi connectivity index (χ0v) is 21.8. The number of nitrogens with two attached hydrogens (primary N) is 1. The van der Waals surface area contributed by atoms with Crippen LogP contribution in [0.1, 0.15) is 71.9 Å².